The topological polar surface area (TPSA) is 93.3 Å². The predicted molar refractivity (Wildman–Crippen MR) is 143 cm³/mol. The van der Waals surface area contributed by atoms with Gasteiger partial charge in [-0.25, -0.2) is 15.0 Å². The lowest BCUT2D eigenvalue weighted by Gasteiger charge is -2.21. The number of nitrogens with one attached hydrogen (secondary N) is 2. The van der Waals surface area contributed by atoms with Crippen LogP contribution in [0.1, 0.15) is 22.3 Å². The highest BCUT2D eigenvalue weighted by Gasteiger charge is 2.27. The molecule has 1 saturated heterocycles. The molecule has 36 heavy (non-hydrogen) atoms. The molecule has 2 aromatic carbocycles. The van der Waals surface area contributed by atoms with Crippen molar-refractivity contribution in [1.29, 1.82) is 0 Å². The molecule has 8 heteroatoms. The third kappa shape index (κ3) is 3.18. The Morgan fingerprint density at radius 3 is 2.83 bits per heavy atom. The van der Waals surface area contributed by atoms with Gasteiger partial charge in [-0.15, -0.1) is 0 Å². The number of fused-ring (bicyclic) bond motifs is 3. The van der Waals surface area contributed by atoms with E-state index in [-0.39, 0.29) is 5.91 Å². The highest BCUT2D eigenvalue weighted by Crippen LogP contribution is 2.38. The van der Waals surface area contributed by atoms with Crippen LogP contribution in [0.3, 0.4) is 0 Å². The van der Waals surface area contributed by atoms with E-state index in [0.29, 0.717) is 17.4 Å². The summed E-state index contributed by atoms with van der Waals surface area (Å²) in [5.41, 5.74) is 7.95. The summed E-state index contributed by atoms with van der Waals surface area (Å²) in [4.78, 5) is 37.7. The SMILES string of the molecule is CN(C)C1CCN(c2ccc3nc(-c4ccc(-c5c[nH]c6ncccc56)c5c4C(=O)N=C5)[nH]c3c2)C1. The van der Waals surface area contributed by atoms with E-state index < -0.39 is 0 Å². The summed E-state index contributed by atoms with van der Waals surface area (Å²) in [5.74, 6) is 0.435. The van der Waals surface area contributed by atoms with E-state index in [1.807, 2.05) is 30.5 Å². The van der Waals surface area contributed by atoms with Crippen LogP contribution < -0.4 is 4.90 Å². The largest absolute Gasteiger partial charge is 0.370 e. The second-order valence-electron chi connectivity index (χ2n) is 9.75. The van der Waals surface area contributed by atoms with E-state index in [2.05, 4.69) is 62.0 Å². The van der Waals surface area contributed by atoms with Crippen molar-refractivity contribution in [2.45, 2.75) is 12.5 Å². The summed E-state index contributed by atoms with van der Waals surface area (Å²) >= 11 is 0. The first-order valence-electron chi connectivity index (χ1n) is 12.2. The summed E-state index contributed by atoms with van der Waals surface area (Å²) in [5, 5.41) is 1.01. The number of nitrogens with zero attached hydrogens (tertiary/aromatic N) is 5. The minimum Gasteiger partial charge on any atom is -0.370 e. The number of imidazole rings is 1. The van der Waals surface area contributed by atoms with E-state index in [0.717, 1.165) is 63.8 Å². The van der Waals surface area contributed by atoms with Crippen molar-refractivity contribution in [1.82, 2.24) is 24.8 Å². The lowest BCUT2D eigenvalue weighted by Crippen LogP contribution is -2.31. The minimum absolute atomic E-state index is 0.243. The fraction of sp³-hybridized carbons (Fsp3) is 0.214. The van der Waals surface area contributed by atoms with Crippen LogP contribution in [0, 0.1) is 0 Å². The number of carbonyl (C=O) groups is 1. The van der Waals surface area contributed by atoms with E-state index in [9.17, 15) is 4.79 Å². The van der Waals surface area contributed by atoms with Gasteiger partial charge in [0.1, 0.15) is 11.5 Å². The number of rotatable bonds is 4. The van der Waals surface area contributed by atoms with Crippen molar-refractivity contribution < 1.29 is 4.79 Å². The van der Waals surface area contributed by atoms with E-state index in [1.165, 1.54) is 5.69 Å². The number of hydrogen-bond acceptors (Lipinski definition) is 5. The Morgan fingerprint density at radius 2 is 1.97 bits per heavy atom. The van der Waals surface area contributed by atoms with E-state index in [1.54, 1.807) is 12.4 Å². The molecule has 8 nitrogen and oxygen atoms in total. The zero-order valence-corrected chi connectivity index (χ0v) is 20.1. The lowest BCUT2D eigenvalue weighted by atomic mass is 9.93. The summed E-state index contributed by atoms with van der Waals surface area (Å²) in [7, 11) is 4.28. The van der Waals surface area contributed by atoms with Crippen molar-refractivity contribution in [2.75, 3.05) is 32.1 Å². The van der Waals surface area contributed by atoms with Gasteiger partial charge in [0.2, 0.25) is 0 Å². The van der Waals surface area contributed by atoms with Gasteiger partial charge in [0.15, 0.2) is 0 Å². The quantitative estimate of drug-likeness (QED) is 0.400. The lowest BCUT2D eigenvalue weighted by molar-refractivity contribution is 0.101. The van der Waals surface area contributed by atoms with Crippen molar-refractivity contribution in [3.63, 3.8) is 0 Å². The number of amides is 1. The number of aromatic nitrogens is 4. The molecule has 1 atom stereocenters. The molecule has 1 amide bonds. The van der Waals surface area contributed by atoms with Crippen molar-refractivity contribution in [2.24, 2.45) is 4.99 Å². The van der Waals surface area contributed by atoms with Crippen LogP contribution in [0.25, 0.3) is 44.6 Å². The predicted octanol–water partition coefficient (Wildman–Crippen LogP) is 4.49. The molecule has 3 aromatic heterocycles. The van der Waals surface area contributed by atoms with Gasteiger partial charge in [0, 0.05) is 65.5 Å². The maximum atomic E-state index is 12.9. The number of aliphatic imine (C=N–C) groups is 1. The number of hydrogen-bond donors (Lipinski definition) is 2. The normalized spacial score (nSPS) is 17.2. The fourth-order valence-corrected chi connectivity index (χ4v) is 5.50. The first-order valence-corrected chi connectivity index (χ1v) is 12.2. The number of aromatic amines is 2. The Kier molecular flexibility index (Phi) is 4.59. The molecule has 1 unspecified atom stereocenters. The second-order valence-corrected chi connectivity index (χ2v) is 9.75. The molecule has 0 saturated carbocycles. The molecule has 5 aromatic rings. The molecule has 2 aliphatic heterocycles. The summed E-state index contributed by atoms with van der Waals surface area (Å²) in [6.45, 7) is 2.06. The third-order valence-electron chi connectivity index (χ3n) is 7.49. The van der Waals surface area contributed by atoms with Crippen molar-refractivity contribution >= 4 is 39.9 Å². The van der Waals surface area contributed by atoms with Crippen molar-refractivity contribution in [3.8, 4) is 22.5 Å². The molecule has 2 N–H and O–H groups in total. The summed E-state index contributed by atoms with van der Waals surface area (Å²) in [6, 6.07) is 14.9. The van der Waals surface area contributed by atoms with Gasteiger partial charge >= 0.3 is 0 Å². The number of benzene rings is 2. The molecule has 5 heterocycles. The van der Waals surface area contributed by atoms with Gasteiger partial charge in [-0.1, -0.05) is 6.07 Å². The highest BCUT2D eigenvalue weighted by molar-refractivity contribution is 6.20. The molecule has 7 rings (SSSR count). The zero-order valence-electron chi connectivity index (χ0n) is 20.1. The van der Waals surface area contributed by atoms with Crippen molar-refractivity contribution in [3.05, 3.63) is 66.0 Å². The number of likely N-dealkylation sites (N-methyl/N-ethyl adjacent to an activating group) is 1. The molecule has 0 aliphatic carbocycles. The van der Waals surface area contributed by atoms with E-state index >= 15 is 0 Å². The molecule has 178 valence electrons. The first-order chi connectivity index (χ1) is 17.6. The van der Waals surface area contributed by atoms with E-state index in [4.69, 9.17) is 4.98 Å². The van der Waals surface area contributed by atoms with Crippen LogP contribution in [0.15, 0.2) is 59.9 Å². The molecule has 0 bridgehead atoms. The van der Waals surface area contributed by atoms with Gasteiger partial charge < -0.3 is 19.8 Å². The smallest absolute Gasteiger partial charge is 0.278 e. The Morgan fingerprint density at radius 1 is 1.08 bits per heavy atom. The van der Waals surface area contributed by atoms with Gasteiger partial charge in [-0.3, -0.25) is 4.79 Å². The molecular formula is C28H25N7O. The summed E-state index contributed by atoms with van der Waals surface area (Å²) < 4.78 is 0. The van der Waals surface area contributed by atoms with Crippen LogP contribution in [0.5, 0.6) is 0 Å². The minimum atomic E-state index is -0.243. The Labute approximate surface area is 207 Å². The van der Waals surface area contributed by atoms with Crippen LogP contribution in [-0.4, -0.2) is 70.2 Å². The average Bonchev–Trinajstić information content (AvgIpc) is 3.68. The molecule has 1 fully saturated rings. The number of carbonyl (C=O) groups excluding carboxylic acids is 1. The van der Waals surface area contributed by atoms with Crippen LogP contribution >= 0.6 is 0 Å². The Bertz CT molecular complexity index is 1690. The number of pyridine rings is 1. The third-order valence-corrected chi connectivity index (χ3v) is 7.49. The van der Waals surface area contributed by atoms with Gasteiger partial charge in [0.05, 0.1) is 16.6 Å². The van der Waals surface area contributed by atoms with Gasteiger partial charge in [-0.2, -0.15) is 0 Å². The molecule has 2 aliphatic rings. The molecule has 0 radical (unpaired) electrons. The Hall–Kier alpha value is -4.30. The Balaban J connectivity index is 1.30. The number of H-pyrrole nitrogens is 2. The summed E-state index contributed by atoms with van der Waals surface area (Å²) in [6.07, 6.45) is 6.53. The molecule has 0 spiro atoms. The average molecular weight is 476 g/mol. The fourth-order valence-electron chi connectivity index (χ4n) is 5.50. The first kappa shape index (κ1) is 21.0. The van der Waals surface area contributed by atoms with Crippen LogP contribution in [-0.2, 0) is 0 Å². The monoisotopic (exact) mass is 475 g/mol. The maximum absolute atomic E-state index is 12.9. The number of anilines is 1. The highest BCUT2D eigenvalue weighted by atomic mass is 16.1. The zero-order chi connectivity index (χ0) is 24.4. The second kappa shape index (κ2) is 7.86. The maximum Gasteiger partial charge on any atom is 0.278 e. The molecular weight excluding hydrogens is 450 g/mol. The van der Waals surface area contributed by atoms with Gasteiger partial charge in [-0.05, 0) is 62.5 Å². The van der Waals surface area contributed by atoms with Gasteiger partial charge in [0.25, 0.3) is 5.91 Å². The van der Waals surface area contributed by atoms with Crippen LogP contribution in [0.2, 0.25) is 0 Å². The standard InChI is InChI=1S/C28H25N7O/c1-34(2)17-9-11-35(15-17)16-5-8-23-24(12-16)33-27(32-23)20-7-6-18(22-14-31-28(36)25(20)22)21-13-30-26-19(21)4-3-10-29-26/h3-8,10,12-14,17H,9,11,15H2,1-2H3,(H,29,30)(H,32,33). The van der Waals surface area contributed by atoms with Crippen LogP contribution in [0.4, 0.5) is 5.69 Å².